The summed E-state index contributed by atoms with van der Waals surface area (Å²) < 4.78 is 0. The van der Waals surface area contributed by atoms with E-state index in [1.165, 1.54) is 5.39 Å². The number of nitrogens with zero attached hydrogens (tertiary/aromatic N) is 1. The third-order valence-electron chi connectivity index (χ3n) is 2.18. The van der Waals surface area contributed by atoms with Gasteiger partial charge in [-0.3, -0.25) is 4.98 Å². The first kappa shape index (κ1) is 13.1. The zero-order chi connectivity index (χ0) is 11.1. The van der Waals surface area contributed by atoms with Crippen molar-refractivity contribution in [1.29, 1.82) is 0 Å². The Kier molecular flexibility index (Phi) is 5.63. The van der Waals surface area contributed by atoms with Crippen LogP contribution in [0.2, 0.25) is 0 Å². The van der Waals surface area contributed by atoms with E-state index >= 15 is 0 Å². The van der Waals surface area contributed by atoms with Gasteiger partial charge in [0.25, 0.3) is 0 Å². The normalized spacial score (nSPS) is 8.71. The molecule has 0 unspecified atom stereocenters. The fourth-order valence-electron chi connectivity index (χ4n) is 1.40. The molecular formula is C15H15BeN. The van der Waals surface area contributed by atoms with E-state index in [-0.39, 0.29) is 13.0 Å². The molecule has 0 aliphatic rings. The van der Waals surface area contributed by atoms with E-state index in [1.807, 2.05) is 66.9 Å². The van der Waals surface area contributed by atoms with Gasteiger partial charge in [0, 0.05) is 11.6 Å². The molecule has 0 N–H and O–H groups in total. The molecule has 1 heterocycles. The number of para-hydroxylation sites is 1. The van der Waals surface area contributed by atoms with Crippen molar-refractivity contribution >= 4 is 21.0 Å². The summed E-state index contributed by atoms with van der Waals surface area (Å²) in [5.41, 5.74) is 1.06. The molecule has 0 saturated carbocycles. The summed E-state index contributed by atoms with van der Waals surface area (Å²) in [6.07, 6.45) is 1.81. The van der Waals surface area contributed by atoms with Crippen LogP contribution in [0.25, 0.3) is 10.9 Å². The number of aromatic nitrogens is 1. The second-order valence-electron chi connectivity index (χ2n) is 3.35. The first-order chi connectivity index (χ1) is 7.97. The summed E-state index contributed by atoms with van der Waals surface area (Å²) in [5.74, 6) is 0. The van der Waals surface area contributed by atoms with Crippen LogP contribution < -0.4 is 0 Å². The summed E-state index contributed by atoms with van der Waals surface area (Å²) >= 11 is 0. The molecule has 1 nitrogen and oxygen atoms in total. The first-order valence-electron chi connectivity index (χ1n) is 5.26. The van der Waals surface area contributed by atoms with Crippen LogP contribution in [-0.2, 0) is 0 Å². The average molecular weight is 218 g/mol. The van der Waals surface area contributed by atoms with Gasteiger partial charge in [0.05, 0.1) is 5.52 Å². The van der Waals surface area contributed by atoms with Gasteiger partial charge in [0.2, 0.25) is 0 Å². The van der Waals surface area contributed by atoms with Crippen molar-refractivity contribution in [2.75, 3.05) is 0 Å². The number of fused-ring (bicyclic) bond motifs is 1. The zero-order valence-corrected chi connectivity index (χ0v) is 9.66. The van der Waals surface area contributed by atoms with E-state index in [2.05, 4.69) is 17.1 Å². The molecule has 0 saturated heterocycles. The van der Waals surface area contributed by atoms with Crippen LogP contribution in [0.1, 0.15) is 2.85 Å². The Morgan fingerprint density at radius 2 is 1.18 bits per heavy atom. The van der Waals surface area contributed by atoms with Gasteiger partial charge < -0.3 is 2.85 Å². The Bertz CT molecular complexity index is 454. The molecule has 0 aliphatic heterocycles. The van der Waals surface area contributed by atoms with Crippen LogP contribution in [0.5, 0.6) is 0 Å². The minimum atomic E-state index is 0. The minimum absolute atomic E-state index is 0. The molecule has 3 rings (SSSR count). The number of benzene rings is 2. The van der Waals surface area contributed by atoms with Gasteiger partial charge in [-0.25, -0.2) is 0 Å². The maximum absolute atomic E-state index is 4.18. The largest absolute Gasteiger partial charge is 2.00 e. The predicted octanol–water partition coefficient (Wildman–Crippen LogP) is 3.77. The minimum Gasteiger partial charge on any atom is -1.00 e. The monoisotopic (exact) mass is 218 g/mol. The van der Waals surface area contributed by atoms with E-state index in [0.29, 0.717) is 0 Å². The molecule has 0 atom stereocenters. The molecular weight excluding hydrogens is 203 g/mol. The first-order valence-corrected chi connectivity index (χ1v) is 5.26. The van der Waals surface area contributed by atoms with Gasteiger partial charge in [0.1, 0.15) is 0 Å². The molecule has 0 aliphatic carbocycles. The van der Waals surface area contributed by atoms with Gasteiger partial charge in [-0.1, -0.05) is 60.7 Å². The topological polar surface area (TPSA) is 12.9 Å². The maximum atomic E-state index is 4.18. The molecule has 0 spiro atoms. The second kappa shape index (κ2) is 7.32. The molecule has 0 radical (unpaired) electrons. The Morgan fingerprint density at radius 3 is 1.76 bits per heavy atom. The third-order valence-corrected chi connectivity index (χ3v) is 2.18. The van der Waals surface area contributed by atoms with Gasteiger partial charge >= 0.3 is 10.1 Å². The summed E-state index contributed by atoms with van der Waals surface area (Å²) in [5, 5.41) is 1.20. The zero-order valence-electron chi connectivity index (χ0n) is 11.7. The van der Waals surface area contributed by atoms with Gasteiger partial charge in [-0.15, -0.1) is 0 Å². The number of hydrogen-bond donors (Lipinski definition) is 0. The van der Waals surface area contributed by atoms with Crippen molar-refractivity contribution in [3.8, 4) is 0 Å². The number of hydrogen-bond acceptors (Lipinski definition) is 1. The van der Waals surface area contributed by atoms with E-state index in [4.69, 9.17) is 0 Å². The molecule has 0 amide bonds. The van der Waals surface area contributed by atoms with Crippen molar-refractivity contribution in [2.45, 2.75) is 0 Å². The third kappa shape index (κ3) is 4.18. The smallest absolute Gasteiger partial charge is 1.00 e. The van der Waals surface area contributed by atoms with Crippen LogP contribution in [0.15, 0.2) is 79.0 Å². The Balaban J connectivity index is 0. The van der Waals surface area contributed by atoms with Crippen molar-refractivity contribution in [1.82, 2.24) is 4.98 Å². The molecule has 2 heteroatoms. The SMILES string of the molecule is [Be+2].[H-].[H-].c1ccc2ncccc2c1.c1ccccc1. The van der Waals surface area contributed by atoms with E-state index < -0.39 is 0 Å². The molecule has 17 heavy (non-hydrogen) atoms. The van der Waals surface area contributed by atoms with Crippen LogP contribution >= 0.6 is 0 Å². The average Bonchev–Trinajstić information content (AvgIpc) is 2.42. The summed E-state index contributed by atoms with van der Waals surface area (Å²) in [4.78, 5) is 4.18. The summed E-state index contributed by atoms with van der Waals surface area (Å²) in [7, 11) is 0. The molecule has 1 aromatic heterocycles. The maximum Gasteiger partial charge on any atom is 2.00 e. The van der Waals surface area contributed by atoms with Crippen LogP contribution in [0.3, 0.4) is 0 Å². The van der Waals surface area contributed by atoms with Gasteiger partial charge in [-0.2, -0.15) is 0 Å². The fourth-order valence-corrected chi connectivity index (χ4v) is 1.40. The van der Waals surface area contributed by atoms with E-state index in [0.717, 1.165) is 5.52 Å². The second-order valence-corrected chi connectivity index (χ2v) is 3.35. The van der Waals surface area contributed by atoms with Crippen molar-refractivity contribution in [3.63, 3.8) is 0 Å². The van der Waals surface area contributed by atoms with Crippen LogP contribution in [0, 0.1) is 0 Å². The van der Waals surface area contributed by atoms with E-state index in [1.54, 1.807) is 0 Å². The summed E-state index contributed by atoms with van der Waals surface area (Å²) in [6.45, 7) is 0. The van der Waals surface area contributed by atoms with Crippen molar-refractivity contribution < 1.29 is 2.85 Å². The number of pyridine rings is 1. The molecule has 3 aromatic rings. The van der Waals surface area contributed by atoms with Crippen molar-refractivity contribution in [3.05, 3.63) is 79.0 Å². The molecule has 2 aromatic carbocycles. The molecule has 0 fully saturated rings. The summed E-state index contributed by atoms with van der Waals surface area (Å²) in [6, 6.07) is 24.1. The van der Waals surface area contributed by atoms with E-state index in [9.17, 15) is 0 Å². The van der Waals surface area contributed by atoms with Gasteiger partial charge in [-0.05, 0) is 12.1 Å². The fraction of sp³-hybridized carbons (Fsp3) is 0. The Labute approximate surface area is 108 Å². The van der Waals surface area contributed by atoms with Crippen LogP contribution in [-0.4, -0.2) is 15.1 Å². The Morgan fingerprint density at radius 1 is 0.647 bits per heavy atom. The molecule has 82 valence electrons. The Hall–Kier alpha value is -1.98. The predicted molar refractivity (Wildman–Crippen MR) is 76.2 cm³/mol. The standard InChI is InChI=1S/C9H7N.C6H6.Be.2H/c1-2-6-9-8(4-1)5-3-7-10-9;1-2-4-6-5-3-1;;;/h1-7H;1-6H;;;/q;;+2;2*-1. The van der Waals surface area contributed by atoms with Crippen molar-refractivity contribution in [2.24, 2.45) is 0 Å². The van der Waals surface area contributed by atoms with Crippen LogP contribution in [0.4, 0.5) is 0 Å². The number of rotatable bonds is 0. The van der Waals surface area contributed by atoms with Gasteiger partial charge in [0.15, 0.2) is 0 Å². The molecule has 0 bridgehead atoms. The quantitative estimate of drug-likeness (QED) is 0.523.